The zero-order valence-corrected chi connectivity index (χ0v) is 42.9. The van der Waals surface area contributed by atoms with Gasteiger partial charge in [-0.2, -0.15) is 15.3 Å². The van der Waals surface area contributed by atoms with Crippen molar-refractivity contribution in [3.05, 3.63) is 134 Å². The maximum Gasteiger partial charge on any atom is 0.138 e. The summed E-state index contributed by atoms with van der Waals surface area (Å²) < 4.78 is 27.5. The number of nitrogens with zero attached hydrogens (tertiary/aromatic N) is 15. The minimum Gasteiger partial charge on any atom is -0.497 e. The maximum absolute atomic E-state index is 11.1. The minimum absolute atomic E-state index is 0.260. The van der Waals surface area contributed by atoms with E-state index in [4.69, 9.17) is 28.9 Å². The zero-order chi connectivity index (χ0) is 51.9. The lowest BCUT2D eigenvalue weighted by Crippen LogP contribution is -2.32. The summed E-state index contributed by atoms with van der Waals surface area (Å²) in [5.41, 5.74) is 13.6. The second-order valence-electron chi connectivity index (χ2n) is 18.0. The van der Waals surface area contributed by atoms with Gasteiger partial charge in [-0.15, -0.1) is 0 Å². The number of ether oxygens (including phenoxy) is 4. The van der Waals surface area contributed by atoms with Crippen LogP contribution in [0.3, 0.4) is 0 Å². The molecule has 2 atom stereocenters. The van der Waals surface area contributed by atoms with Crippen molar-refractivity contribution >= 4 is 50.4 Å². The summed E-state index contributed by atoms with van der Waals surface area (Å²) in [7, 11) is 10.4. The molecule has 4 aromatic carbocycles. The quantitative estimate of drug-likeness (QED) is 0.0890. The molecule has 1 aliphatic heterocycles. The van der Waals surface area contributed by atoms with Crippen LogP contribution in [-0.4, -0.2) is 131 Å². The monoisotopic (exact) mass is 1000 g/mol. The fraction of sp³-hybridized carbons (Fsp3) is 0.302. The van der Waals surface area contributed by atoms with Crippen LogP contribution in [0.4, 0.5) is 22.7 Å². The van der Waals surface area contributed by atoms with E-state index in [9.17, 15) is 5.11 Å². The number of hydrogen-bond donors (Lipinski definition) is 2. The summed E-state index contributed by atoms with van der Waals surface area (Å²) in [4.78, 5) is 31.7. The molecule has 0 bridgehead atoms. The van der Waals surface area contributed by atoms with Crippen molar-refractivity contribution in [1.29, 1.82) is 0 Å². The molecular formula is C53H60N16O5. The van der Waals surface area contributed by atoms with Crippen molar-refractivity contribution < 1.29 is 24.1 Å². The molecule has 9 aromatic rings. The number of aliphatic hydroxyl groups excluding tert-OH is 1. The lowest BCUT2D eigenvalue weighted by molar-refractivity contribution is 0.156. The number of fused-ring (bicyclic) bond motifs is 2. The topological polar surface area (TPSA) is 210 Å². The number of aryl methyl sites for hydroxylation is 3. The third-order valence-electron chi connectivity index (χ3n) is 12.5. The van der Waals surface area contributed by atoms with Crippen molar-refractivity contribution in [3.63, 3.8) is 0 Å². The Morgan fingerprint density at radius 2 is 1.11 bits per heavy atom. The molecule has 2 unspecified atom stereocenters. The molecule has 0 saturated heterocycles. The van der Waals surface area contributed by atoms with Gasteiger partial charge in [0.1, 0.15) is 47.3 Å². The average molecular weight is 1000 g/mol. The number of anilines is 4. The first kappa shape index (κ1) is 50.3. The van der Waals surface area contributed by atoms with Gasteiger partial charge in [-0.05, 0) is 56.2 Å². The van der Waals surface area contributed by atoms with Gasteiger partial charge in [0.05, 0.1) is 99.7 Å². The Bertz CT molecular complexity index is 3360. The van der Waals surface area contributed by atoms with Crippen LogP contribution < -0.4 is 34.2 Å². The molecule has 0 amide bonds. The number of rotatable bonds is 18. The normalized spacial score (nSPS) is 13.1. The van der Waals surface area contributed by atoms with E-state index in [1.54, 1.807) is 56.5 Å². The van der Waals surface area contributed by atoms with Crippen molar-refractivity contribution in [2.75, 3.05) is 64.9 Å². The summed E-state index contributed by atoms with van der Waals surface area (Å²) in [6.45, 7) is 8.80. The first-order valence-corrected chi connectivity index (χ1v) is 23.9. The summed E-state index contributed by atoms with van der Waals surface area (Å²) in [5.74, 6) is 4.63. The molecule has 21 heteroatoms. The molecule has 5 aromatic heterocycles. The van der Waals surface area contributed by atoms with Crippen molar-refractivity contribution in [2.24, 2.45) is 13.0 Å². The molecule has 0 aliphatic carbocycles. The predicted molar refractivity (Wildman–Crippen MR) is 283 cm³/mol. The van der Waals surface area contributed by atoms with E-state index in [1.807, 2.05) is 122 Å². The zero-order valence-electron chi connectivity index (χ0n) is 42.9. The van der Waals surface area contributed by atoms with Gasteiger partial charge >= 0.3 is 0 Å². The minimum atomic E-state index is -0.749. The van der Waals surface area contributed by atoms with E-state index >= 15 is 0 Å². The smallest absolute Gasteiger partial charge is 0.138 e. The van der Waals surface area contributed by atoms with Gasteiger partial charge in [0.15, 0.2) is 0 Å². The van der Waals surface area contributed by atoms with Crippen molar-refractivity contribution in [3.8, 4) is 34.3 Å². The number of benzene rings is 4. The van der Waals surface area contributed by atoms with Crippen LogP contribution in [0.25, 0.3) is 38.9 Å². The summed E-state index contributed by atoms with van der Waals surface area (Å²) in [5, 5.41) is 25.8. The molecule has 10 rings (SSSR count). The van der Waals surface area contributed by atoms with E-state index < -0.39 is 6.10 Å². The Hall–Kier alpha value is -8.69. The number of hydrogen-bond acceptors (Lipinski definition) is 18. The van der Waals surface area contributed by atoms with Crippen LogP contribution >= 0.6 is 0 Å². The molecule has 0 saturated carbocycles. The second kappa shape index (κ2) is 22.4. The molecule has 1 aliphatic rings. The largest absolute Gasteiger partial charge is 0.497 e. The predicted octanol–water partition coefficient (Wildman–Crippen LogP) is 6.96. The number of aromatic nitrogens is 12. The van der Waals surface area contributed by atoms with Crippen LogP contribution in [0.2, 0.25) is 0 Å². The molecule has 2 N–H and O–H groups in total. The van der Waals surface area contributed by atoms with Crippen LogP contribution in [0, 0.1) is 19.8 Å². The van der Waals surface area contributed by atoms with Gasteiger partial charge < -0.3 is 38.9 Å². The highest BCUT2D eigenvalue weighted by molar-refractivity contribution is 5.84. The summed E-state index contributed by atoms with van der Waals surface area (Å²) in [6, 6.07) is 23.6. The first-order chi connectivity index (χ1) is 35.9. The van der Waals surface area contributed by atoms with Crippen LogP contribution in [-0.2, 0) is 20.1 Å². The van der Waals surface area contributed by atoms with E-state index in [1.165, 1.54) is 6.33 Å². The van der Waals surface area contributed by atoms with Gasteiger partial charge in [-0.25, -0.2) is 30.0 Å². The van der Waals surface area contributed by atoms with Gasteiger partial charge in [0.25, 0.3) is 0 Å². The second-order valence-corrected chi connectivity index (χ2v) is 18.0. The third kappa shape index (κ3) is 11.6. The first-order valence-electron chi connectivity index (χ1n) is 23.9. The lowest BCUT2D eigenvalue weighted by atomic mass is 10.1. The summed E-state index contributed by atoms with van der Waals surface area (Å²) >= 11 is 0. The van der Waals surface area contributed by atoms with Gasteiger partial charge in [0, 0.05) is 116 Å². The third-order valence-corrected chi connectivity index (χ3v) is 12.5. The molecule has 0 fully saturated rings. The maximum atomic E-state index is 11.1. The molecule has 0 radical (unpaired) electrons. The molecule has 0 spiro atoms. The Morgan fingerprint density at radius 3 is 1.58 bits per heavy atom. The molecule has 21 nitrogen and oxygen atoms in total. The number of methoxy groups -OCH3 is 4. The van der Waals surface area contributed by atoms with Crippen molar-refractivity contribution in [1.82, 2.24) is 69.7 Å². The SMILES string of the molecule is COc1cc(OC)cc(N(CC(C)Cn2ncnc2C)c2ccc3ncc(C4=CN(C)NC4)nc3c2)c1.COc1cc(OC)cc(N(CC(O)Cn2ncnc2C)c2ccc3ncc(-c4cnn(C)c4)nc3c2)c1. The van der Waals surface area contributed by atoms with Crippen LogP contribution in [0.1, 0.15) is 24.3 Å². The number of nitrogens with one attached hydrogen (secondary N) is 1. The van der Waals surface area contributed by atoms with E-state index in [0.29, 0.717) is 18.0 Å². The Morgan fingerprint density at radius 1 is 0.595 bits per heavy atom. The molecule has 74 heavy (non-hydrogen) atoms. The summed E-state index contributed by atoms with van der Waals surface area (Å²) in [6.07, 6.45) is 11.6. The number of hydrazine groups is 1. The van der Waals surface area contributed by atoms with Gasteiger partial charge in [-0.1, -0.05) is 6.92 Å². The number of aliphatic hydroxyl groups is 1. The highest BCUT2D eigenvalue weighted by Crippen LogP contribution is 2.37. The molecule has 382 valence electrons. The van der Waals surface area contributed by atoms with Crippen LogP contribution in [0.5, 0.6) is 23.0 Å². The average Bonchev–Trinajstić information content (AvgIpc) is 4.25. The van der Waals surface area contributed by atoms with E-state index in [2.05, 4.69) is 64.6 Å². The standard InChI is InChI=1S/C27H32N8O2.C26H28N8O3/c1-18(15-35-19(2)29-17-31-35)14-34(22-8-23(36-4)11-24(9-22)37-5)21-6-7-25-26(10-21)32-27(13-28-25)20-12-30-33(3)16-20;1-17-28-16-30-34(17)15-21(35)14-33(20-7-22(36-3)10-23(8-20)37-4)19-5-6-24-25(9-19)31-26(12-27-24)18-11-29-32(2)13-18/h6-11,13,16-18,30H,12,14-15H2,1-5H3;5-13,16,21,35H,14-15H2,1-4H3. The Kier molecular flexibility index (Phi) is 15.2. The molecular weight excluding hydrogens is 941 g/mol. The highest BCUT2D eigenvalue weighted by atomic mass is 16.5. The van der Waals surface area contributed by atoms with E-state index in [-0.39, 0.29) is 12.5 Å². The Labute approximate surface area is 428 Å². The highest BCUT2D eigenvalue weighted by Gasteiger charge is 2.22. The van der Waals surface area contributed by atoms with Gasteiger partial charge in [0.2, 0.25) is 0 Å². The molecule has 6 heterocycles. The lowest BCUT2D eigenvalue weighted by Gasteiger charge is -2.29. The van der Waals surface area contributed by atoms with E-state index in [0.717, 1.165) is 110 Å². The fourth-order valence-electron chi connectivity index (χ4n) is 8.63. The van der Waals surface area contributed by atoms with Crippen LogP contribution in [0.15, 0.2) is 116 Å². The van der Waals surface area contributed by atoms with Gasteiger partial charge in [-0.3, -0.25) is 19.3 Å². The fourth-order valence-corrected chi connectivity index (χ4v) is 8.63. The Balaban J connectivity index is 0.000000182. The van der Waals surface area contributed by atoms with Crippen molar-refractivity contribution in [2.45, 2.75) is 40.0 Å².